The summed E-state index contributed by atoms with van der Waals surface area (Å²) in [6, 6.07) is 11.7. The lowest BCUT2D eigenvalue weighted by Crippen LogP contribution is -2.54. The number of piperidine rings is 1. The number of hydrogen-bond acceptors (Lipinski definition) is 5. The highest BCUT2D eigenvalue weighted by atomic mass is 79.9. The Kier molecular flexibility index (Phi) is 6.08. The average molecular weight is 484 g/mol. The van der Waals surface area contributed by atoms with Gasteiger partial charge >= 0.3 is 6.03 Å². The molecule has 7 nitrogen and oxygen atoms in total. The van der Waals surface area contributed by atoms with Crippen molar-refractivity contribution in [1.29, 1.82) is 0 Å². The smallest absolute Gasteiger partial charge is 0.335 e. The minimum atomic E-state index is -0.780. The quantitative estimate of drug-likeness (QED) is 0.522. The van der Waals surface area contributed by atoms with Crippen LogP contribution in [0.2, 0.25) is 0 Å². The van der Waals surface area contributed by atoms with E-state index in [0.29, 0.717) is 21.5 Å². The monoisotopic (exact) mass is 483 g/mol. The summed E-state index contributed by atoms with van der Waals surface area (Å²) in [5, 5.41) is 2.24. The van der Waals surface area contributed by atoms with Gasteiger partial charge in [0, 0.05) is 34.9 Å². The van der Waals surface area contributed by atoms with Crippen molar-refractivity contribution in [3.8, 4) is 5.75 Å². The topological polar surface area (TPSA) is 79.0 Å². The first kappa shape index (κ1) is 21.1. The van der Waals surface area contributed by atoms with Crippen LogP contribution < -0.4 is 19.9 Å². The van der Waals surface area contributed by atoms with Crippen molar-refractivity contribution in [2.75, 3.05) is 30.0 Å². The van der Waals surface area contributed by atoms with Crippen molar-refractivity contribution in [1.82, 2.24) is 5.32 Å². The summed E-state index contributed by atoms with van der Waals surface area (Å²) in [4.78, 5) is 41.2. The molecule has 2 aromatic carbocycles. The molecule has 4 rings (SSSR count). The van der Waals surface area contributed by atoms with Gasteiger partial charge in [-0.2, -0.15) is 0 Å². The van der Waals surface area contributed by atoms with Gasteiger partial charge in [0.25, 0.3) is 11.8 Å². The van der Waals surface area contributed by atoms with E-state index in [0.717, 1.165) is 36.5 Å². The zero-order chi connectivity index (χ0) is 22.0. The summed E-state index contributed by atoms with van der Waals surface area (Å²) in [7, 11) is 1.55. The minimum Gasteiger partial charge on any atom is -0.496 e. The molecular weight excluding hydrogens is 462 g/mol. The van der Waals surface area contributed by atoms with Gasteiger partial charge in [0.2, 0.25) is 0 Å². The maximum absolute atomic E-state index is 13.1. The number of amides is 4. The Hall–Kier alpha value is -3.13. The zero-order valence-electron chi connectivity index (χ0n) is 17.1. The van der Waals surface area contributed by atoms with E-state index in [4.69, 9.17) is 4.74 Å². The predicted molar refractivity (Wildman–Crippen MR) is 122 cm³/mol. The van der Waals surface area contributed by atoms with Crippen LogP contribution >= 0.6 is 15.9 Å². The number of nitrogens with zero attached hydrogens (tertiary/aromatic N) is 2. The molecule has 1 N–H and O–H groups in total. The molecule has 2 fully saturated rings. The van der Waals surface area contributed by atoms with E-state index in [1.807, 2.05) is 18.2 Å². The third kappa shape index (κ3) is 4.34. The van der Waals surface area contributed by atoms with Gasteiger partial charge in [0.05, 0.1) is 12.8 Å². The van der Waals surface area contributed by atoms with Crippen LogP contribution in [0, 0.1) is 0 Å². The van der Waals surface area contributed by atoms with Crippen LogP contribution in [0.25, 0.3) is 6.08 Å². The van der Waals surface area contributed by atoms with Gasteiger partial charge in [-0.15, -0.1) is 0 Å². The minimum absolute atomic E-state index is 0.136. The predicted octanol–water partition coefficient (Wildman–Crippen LogP) is 4.11. The average Bonchev–Trinajstić information content (AvgIpc) is 2.77. The molecule has 0 unspecified atom stereocenters. The van der Waals surface area contributed by atoms with E-state index >= 15 is 0 Å². The molecule has 0 bridgehead atoms. The van der Waals surface area contributed by atoms with E-state index in [2.05, 4.69) is 26.1 Å². The molecule has 0 aromatic heterocycles. The molecule has 0 saturated carbocycles. The third-order valence-corrected chi connectivity index (χ3v) is 5.90. The van der Waals surface area contributed by atoms with Gasteiger partial charge in [-0.1, -0.05) is 22.0 Å². The Labute approximate surface area is 188 Å². The second-order valence-corrected chi connectivity index (χ2v) is 8.33. The fourth-order valence-corrected chi connectivity index (χ4v) is 4.22. The molecule has 2 aliphatic rings. The second kappa shape index (κ2) is 8.93. The largest absolute Gasteiger partial charge is 0.496 e. The Morgan fingerprint density at radius 3 is 2.48 bits per heavy atom. The number of hydrogen-bond donors (Lipinski definition) is 1. The van der Waals surface area contributed by atoms with Crippen molar-refractivity contribution in [3.05, 3.63) is 58.1 Å². The van der Waals surface area contributed by atoms with Crippen LogP contribution in [0.3, 0.4) is 0 Å². The van der Waals surface area contributed by atoms with Crippen LogP contribution in [-0.4, -0.2) is 38.0 Å². The molecule has 160 valence electrons. The lowest BCUT2D eigenvalue weighted by Gasteiger charge is -2.29. The summed E-state index contributed by atoms with van der Waals surface area (Å²) < 4.78 is 6.25. The van der Waals surface area contributed by atoms with Gasteiger partial charge in [0.1, 0.15) is 11.3 Å². The van der Waals surface area contributed by atoms with E-state index < -0.39 is 17.8 Å². The maximum Gasteiger partial charge on any atom is 0.335 e. The molecule has 4 amide bonds. The van der Waals surface area contributed by atoms with Crippen molar-refractivity contribution >= 4 is 51.2 Å². The van der Waals surface area contributed by atoms with Crippen molar-refractivity contribution in [3.63, 3.8) is 0 Å². The number of rotatable bonds is 4. The molecule has 0 atom stereocenters. The number of ether oxygens (including phenoxy) is 1. The Balaban J connectivity index is 1.68. The third-order valence-electron chi connectivity index (χ3n) is 5.41. The molecule has 0 aliphatic carbocycles. The first-order valence-electron chi connectivity index (χ1n) is 10.1. The van der Waals surface area contributed by atoms with Gasteiger partial charge in [-0.3, -0.25) is 14.9 Å². The van der Waals surface area contributed by atoms with Crippen LogP contribution in [-0.2, 0) is 9.59 Å². The van der Waals surface area contributed by atoms with Crippen LogP contribution in [0.5, 0.6) is 5.75 Å². The zero-order valence-corrected chi connectivity index (χ0v) is 18.6. The number of imide groups is 2. The molecule has 31 heavy (non-hydrogen) atoms. The Morgan fingerprint density at radius 1 is 1.00 bits per heavy atom. The van der Waals surface area contributed by atoms with Gasteiger partial charge in [-0.25, -0.2) is 9.69 Å². The summed E-state index contributed by atoms with van der Waals surface area (Å²) in [5.41, 5.74) is 1.86. The standard InChI is InChI=1S/C23H22BrN3O4/c1-31-20-14-17(26-10-3-2-4-11-26)9-8-15(20)12-19-21(28)25-23(30)27(22(19)29)18-7-5-6-16(24)13-18/h5-9,12-14H,2-4,10-11H2,1H3,(H,25,28,30)/b19-12+. The molecule has 8 heteroatoms. The van der Waals surface area contributed by atoms with Gasteiger partial charge in [0.15, 0.2) is 0 Å². The van der Waals surface area contributed by atoms with Gasteiger partial charge < -0.3 is 9.64 Å². The molecular formula is C23H22BrN3O4. The lowest BCUT2D eigenvalue weighted by molar-refractivity contribution is -0.122. The Bertz CT molecular complexity index is 1080. The summed E-state index contributed by atoms with van der Waals surface area (Å²) >= 11 is 3.34. The van der Waals surface area contributed by atoms with E-state index in [-0.39, 0.29) is 5.57 Å². The first-order chi connectivity index (χ1) is 15.0. The number of carbonyl (C=O) groups excluding carboxylic acids is 3. The normalized spacial score (nSPS) is 18.4. The Morgan fingerprint density at radius 2 is 1.77 bits per heavy atom. The molecule has 0 spiro atoms. The number of urea groups is 1. The fraction of sp³-hybridized carbons (Fsp3) is 0.261. The highest BCUT2D eigenvalue weighted by molar-refractivity contribution is 9.10. The molecule has 2 saturated heterocycles. The molecule has 2 aliphatic heterocycles. The van der Waals surface area contributed by atoms with Crippen molar-refractivity contribution in [2.24, 2.45) is 0 Å². The number of nitrogens with one attached hydrogen (secondary N) is 1. The number of anilines is 2. The van der Waals surface area contributed by atoms with E-state index in [9.17, 15) is 14.4 Å². The van der Waals surface area contributed by atoms with E-state index in [1.54, 1.807) is 31.4 Å². The summed E-state index contributed by atoms with van der Waals surface area (Å²) in [6.45, 7) is 1.99. The number of methoxy groups -OCH3 is 1. The van der Waals surface area contributed by atoms with Crippen molar-refractivity contribution in [2.45, 2.75) is 19.3 Å². The molecule has 2 aromatic rings. The number of barbiturate groups is 1. The fourth-order valence-electron chi connectivity index (χ4n) is 3.83. The summed E-state index contributed by atoms with van der Waals surface area (Å²) in [6.07, 6.45) is 5.01. The molecule has 2 heterocycles. The van der Waals surface area contributed by atoms with Gasteiger partial charge in [-0.05, 0) is 55.7 Å². The molecule has 0 radical (unpaired) electrons. The highest BCUT2D eigenvalue weighted by Gasteiger charge is 2.37. The highest BCUT2D eigenvalue weighted by Crippen LogP contribution is 2.31. The van der Waals surface area contributed by atoms with Crippen LogP contribution in [0.15, 0.2) is 52.5 Å². The number of halogens is 1. The maximum atomic E-state index is 13.1. The van der Waals surface area contributed by atoms with Crippen molar-refractivity contribution < 1.29 is 19.1 Å². The second-order valence-electron chi connectivity index (χ2n) is 7.41. The van der Waals surface area contributed by atoms with E-state index in [1.165, 1.54) is 12.5 Å². The lowest BCUT2D eigenvalue weighted by atomic mass is 10.0. The first-order valence-corrected chi connectivity index (χ1v) is 10.9. The SMILES string of the molecule is COc1cc(N2CCCCC2)ccc1/C=C1\C(=O)NC(=O)N(c2cccc(Br)c2)C1=O. The van der Waals surface area contributed by atoms with Crippen LogP contribution in [0.4, 0.5) is 16.2 Å². The number of benzene rings is 2. The number of carbonyl (C=O) groups is 3. The summed E-state index contributed by atoms with van der Waals surface area (Å²) in [5.74, 6) is -0.862. The van der Waals surface area contributed by atoms with Crippen LogP contribution in [0.1, 0.15) is 24.8 Å².